The molecule has 0 atom stereocenters. The van der Waals surface area contributed by atoms with E-state index in [9.17, 15) is 4.79 Å². The number of pyridine rings is 1. The Morgan fingerprint density at radius 2 is 1.79 bits per heavy atom. The van der Waals surface area contributed by atoms with Gasteiger partial charge in [-0.2, -0.15) is 0 Å². The number of nitrogens with zero attached hydrogens (tertiary/aromatic N) is 2. The Balaban J connectivity index is 1.30. The fraction of sp³-hybridized carbons (Fsp3) is 0.250. The van der Waals surface area contributed by atoms with Gasteiger partial charge in [0.25, 0.3) is 0 Å². The smallest absolute Gasteiger partial charge is 0.224 e. The van der Waals surface area contributed by atoms with Crippen molar-refractivity contribution >= 4 is 11.7 Å². The lowest BCUT2D eigenvalue weighted by Gasteiger charge is -2.29. The van der Waals surface area contributed by atoms with E-state index in [2.05, 4.69) is 39.5 Å². The molecule has 1 aromatic heterocycles. The monoisotopic (exact) mass is 387 g/mol. The van der Waals surface area contributed by atoms with Crippen LogP contribution in [0.15, 0.2) is 66.9 Å². The molecule has 0 radical (unpaired) electrons. The van der Waals surface area contributed by atoms with Crippen molar-refractivity contribution in [2.24, 2.45) is 0 Å². The van der Waals surface area contributed by atoms with Gasteiger partial charge in [-0.3, -0.25) is 4.79 Å². The molecule has 5 nitrogen and oxygen atoms in total. The summed E-state index contributed by atoms with van der Waals surface area (Å²) in [7, 11) is 1.63. The Morgan fingerprint density at radius 3 is 2.52 bits per heavy atom. The molecule has 0 fully saturated rings. The minimum absolute atomic E-state index is 0.00752. The van der Waals surface area contributed by atoms with Crippen LogP contribution in [-0.4, -0.2) is 24.5 Å². The van der Waals surface area contributed by atoms with Crippen LogP contribution in [0.25, 0.3) is 0 Å². The number of ether oxygens (including phenoxy) is 1. The predicted molar refractivity (Wildman–Crippen MR) is 114 cm³/mol. The molecule has 1 N–H and O–H groups in total. The number of fused-ring (bicyclic) bond motifs is 1. The molecule has 5 heteroatoms. The van der Waals surface area contributed by atoms with Crippen LogP contribution >= 0.6 is 0 Å². The highest BCUT2D eigenvalue weighted by molar-refractivity contribution is 5.78. The second-order valence-electron chi connectivity index (χ2n) is 7.27. The van der Waals surface area contributed by atoms with Gasteiger partial charge in [-0.25, -0.2) is 4.98 Å². The van der Waals surface area contributed by atoms with Crippen LogP contribution < -0.4 is 15.0 Å². The van der Waals surface area contributed by atoms with Gasteiger partial charge < -0.3 is 15.0 Å². The number of methoxy groups -OCH3 is 1. The van der Waals surface area contributed by atoms with Crippen molar-refractivity contribution in [1.29, 1.82) is 0 Å². The first-order chi connectivity index (χ1) is 14.2. The summed E-state index contributed by atoms with van der Waals surface area (Å²) in [5, 5.41) is 2.96. The molecule has 0 aliphatic carbocycles. The van der Waals surface area contributed by atoms with Crippen LogP contribution in [0, 0.1) is 0 Å². The zero-order chi connectivity index (χ0) is 20.1. The summed E-state index contributed by atoms with van der Waals surface area (Å²) < 4.78 is 5.14. The number of nitrogens with one attached hydrogen (secondary N) is 1. The number of carbonyl (C=O) groups is 1. The number of hydrogen-bond donors (Lipinski definition) is 1. The van der Waals surface area contributed by atoms with E-state index in [1.807, 2.05) is 42.6 Å². The number of carbonyl (C=O) groups excluding carboxylic acids is 1. The molecular weight excluding hydrogens is 362 g/mol. The zero-order valence-corrected chi connectivity index (χ0v) is 16.6. The highest BCUT2D eigenvalue weighted by atomic mass is 16.5. The van der Waals surface area contributed by atoms with Gasteiger partial charge >= 0.3 is 0 Å². The largest absolute Gasteiger partial charge is 0.497 e. The third-order valence-electron chi connectivity index (χ3n) is 5.28. The van der Waals surface area contributed by atoms with E-state index in [-0.39, 0.29) is 5.91 Å². The summed E-state index contributed by atoms with van der Waals surface area (Å²) in [5.74, 6) is 1.76. The number of amides is 1. The number of hydrogen-bond acceptors (Lipinski definition) is 4. The lowest BCUT2D eigenvalue weighted by Crippen LogP contribution is -2.31. The van der Waals surface area contributed by atoms with E-state index in [0.717, 1.165) is 42.2 Å². The molecule has 148 valence electrons. The van der Waals surface area contributed by atoms with Crippen molar-refractivity contribution in [3.05, 3.63) is 89.1 Å². The topological polar surface area (TPSA) is 54.5 Å². The molecule has 2 aromatic carbocycles. The van der Waals surface area contributed by atoms with Gasteiger partial charge in [0.05, 0.1) is 13.5 Å². The highest BCUT2D eigenvalue weighted by Gasteiger charge is 2.16. The SMILES string of the molecule is COc1ccc(CC(=O)NCc2ccc(N3CCc4ccccc4C3)nc2)cc1. The van der Waals surface area contributed by atoms with Gasteiger partial charge in [-0.05, 0) is 46.9 Å². The third kappa shape index (κ3) is 4.74. The first-order valence-electron chi connectivity index (χ1n) is 9.87. The van der Waals surface area contributed by atoms with Crippen molar-refractivity contribution in [2.45, 2.75) is 25.9 Å². The van der Waals surface area contributed by atoms with Crippen LogP contribution in [0.4, 0.5) is 5.82 Å². The van der Waals surface area contributed by atoms with Crippen LogP contribution in [-0.2, 0) is 30.7 Å². The second kappa shape index (κ2) is 8.78. The van der Waals surface area contributed by atoms with E-state index in [0.29, 0.717) is 13.0 Å². The van der Waals surface area contributed by atoms with Gasteiger partial charge in [0.15, 0.2) is 0 Å². The summed E-state index contributed by atoms with van der Waals surface area (Å²) in [4.78, 5) is 19.1. The van der Waals surface area contributed by atoms with E-state index < -0.39 is 0 Å². The third-order valence-corrected chi connectivity index (χ3v) is 5.28. The van der Waals surface area contributed by atoms with Crippen molar-refractivity contribution in [3.8, 4) is 5.75 Å². The average Bonchev–Trinajstić information content (AvgIpc) is 2.78. The molecule has 1 aliphatic rings. The maximum absolute atomic E-state index is 12.2. The van der Waals surface area contributed by atoms with Crippen LogP contribution in [0.5, 0.6) is 5.75 Å². The van der Waals surface area contributed by atoms with Gasteiger partial charge in [-0.1, -0.05) is 42.5 Å². The summed E-state index contributed by atoms with van der Waals surface area (Å²) >= 11 is 0. The van der Waals surface area contributed by atoms with Crippen LogP contribution in [0.3, 0.4) is 0 Å². The number of benzene rings is 2. The quantitative estimate of drug-likeness (QED) is 0.703. The number of aromatic nitrogens is 1. The van der Waals surface area contributed by atoms with Gasteiger partial charge in [0.2, 0.25) is 5.91 Å². The van der Waals surface area contributed by atoms with Gasteiger partial charge in [-0.15, -0.1) is 0 Å². The van der Waals surface area contributed by atoms with Gasteiger partial charge in [0.1, 0.15) is 11.6 Å². The lowest BCUT2D eigenvalue weighted by molar-refractivity contribution is -0.120. The minimum atomic E-state index is -0.00752. The van der Waals surface area contributed by atoms with Crippen LogP contribution in [0.2, 0.25) is 0 Å². The van der Waals surface area contributed by atoms with Crippen molar-refractivity contribution in [1.82, 2.24) is 10.3 Å². The van der Waals surface area contributed by atoms with Crippen molar-refractivity contribution in [2.75, 3.05) is 18.6 Å². The standard InChI is InChI=1S/C24H25N3O2/c1-29-22-9-6-18(7-10-22)14-24(28)26-16-19-8-11-23(25-15-19)27-13-12-20-4-2-3-5-21(20)17-27/h2-11,15H,12-14,16-17H2,1H3,(H,26,28). The molecule has 0 bridgehead atoms. The molecule has 0 unspecified atom stereocenters. The predicted octanol–water partition coefficient (Wildman–Crippen LogP) is 3.51. The normalized spacial score (nSPS) is 12.9. The molecule has 29 heavy (non-hydrogen) atoms. The number of rotatable bonds is 6. The van der Waals surface area contributed by atoms with E-state index in [1.165, 1.54) is 11.1 Å². The fourth-order valence-corrected chi connectivity index (χ4v) is 3.59. The molecule has 0 saturated carbocycles. The number of anilines is 1. The van der Waals surface area contributed by atoms with Crippen molar-refractivity contribution in [3.63, 3.8) is 0 Å². The van der Waals surface area contributed by atoms with E-state index in [4.69, 9.17) is 4.74 Å². The zero-order valence-electron chi connectivity index (χ0n) is 16.6. The summed E-state index contributed by atoms with van der Waals surface area (Å²) in [5.41, 5.74) is 4.76. The Bertz CT molecular complexity index is 968. The van der Waals surface area contributed by atoms with Crippen molar-refractivity contribution < 1.29 is 9.53 Å². The summed E-state index contributed by atoms with van der Waals surface area (Å²) in [6.07, 6.45) is 3.24. The molecule has 3 aromatic rings. The fourth-order valence-electron chi connectivity index (χ4n) is 3.59. The molecule has 1 amide bonds. The van der Waals surface area contributed by atoms with Crippen LogP contribution in [0.1, 0.15) is 22.3 Å². The molecule has 4 rings (SSSR count). The maximum Gasteiger partial charge on any atom is 0.224 e. The van der Waals surface area contributed by atoms with Gasteiger partial charge in [0, 0.05) is 25.8 Å². The molecule has 0 saturated heterocycles. The van der Waals surface area contributed by atoms with E-state index >= 15 is 0 Å². The summed E-state index contributed by atoms with van der Waals surface area (Å²) in [6.45, 7) is 2.34. The first kappa shape index (κ1) is 19.0. The molecular formula is C24H25N3O2. The Labute approximate surface area is 171 Å². The Morgan fingerprint density at radius 1 is 1.03 bits per heavy atom. The second-order valence-corrected chi connectivity index (χ2v) is 7.27. The minimum Gasteiger partial charge on any atom is -0.497 e. The van der Waals surface area contributed by atoms with E-state index in [1.54, 1.807) is 7.11 Å². The first-order valence-corrected chi connectivity index (χ1v) is 9.87. The molecule has 0 spiro atoms. The average molecular weight is 387 g/mol. The maximum atomic E-state index is 12.2. The summed E-state index contributed by atoms with van der Waals surface area (Å²) in [6, 6.07) is 20.2. The Kier molecular flexibility index (Phi) is 5.75. The molecule has 1 aliphatic heterocycles. The lowest BCUT2D eigenvalue weighted by atomic mass is 10.00. The highest BCUT2D eigenvalue weighted by Crippen LogP contribution is 2.23. The Hall–Kier alpha value is -3.34. The molecule has 2 heterocycles.